The predicted octanol–water partition coefficient (Wildman–Crippen LogP) is 2.72. The van der Waals surface area contributed by atoms with Gasteiger partial charge >= 0.3 is 0 Å². The number of hydrogen-bond acceptors (Lipinski definition) is 3. The number of benzene rings is 1. The largest absolute Gasteiger partial charge is 0.377 e. The van der Waals surface area contributed by atoms with Crippen molar-refractivity contribution in [3.63, 3.8) is 0 Å². The molecular formula is C16H17NO2. The minimum atomic E-state index is 0.197. The second-order valence-electron chi connectivity index (χ2n) is 4.91. The number of carbonyl (C=O) groups excluding carboxylic acids is 1. The number of hydrogen-bond donors (Lipinski definition) is 0. The van der Waals surface area contributed by atoms with Gasteiger partial charge in [0.15, 0.2) is 0 Å². The highest BCUT2D eigenvalue weighted by Gasteiger charge is 2.22. The third-order valence-corrected chi connectivity index (χ3v) is 3.79. The Bertz CT molecular complexity index is 560. The highest BCUT2D eigenvalue weighted by Crippen LogP contribution is 2.33. The first-order valence-corrected chi connectivity index (χ1v) is 6.58. The molecule has 19 heavy (non-hydrogen) atoms. The summed E-state index contributed by atoms with van der Waals surface area (Å²) in [6.45, 7) is 0.978. The van der Waals surface area contributed by atoms with Gasteiger partial charge in [-0.2, -0.15) is 0 Å². The van der Waals surface area contributed by atoms with Crippen molar-refractivity contribution in [1.82, 2.24) is 0 Å². The fraction of sp³-hybridized carbons (Fsp3) is 0.312. The van der Waals surface area contributed by atoms with Crippen LogP contribution in [0.3, 0.4) is 0 Å². The van der Waals surface area contributed by atoms with Gasteiger partial charge in [0.25, 0.3) is 0 Å². The number of aldehydes is 1. The monoisotopic (exact) mass is 255 g/mol. The van der Waals surface area contributed by atoms with Crippen LogP contribution < -0.4 is 4.90 Å². The molecule has 3 rings (SSSR count). The van der Waals surface area contributed by atoms with Crippen molar-refractivity contribution in [3.8, 4) is 0 Å². The molecule has 1 heterocycles. The average molecular weight is 255 g/mol. The molecule has 1 unspecified atom stereocenters. The summed E-state index contributed by atoms with van der Waals surface area (Å²) in [5, 5.41) is 0. The number of carbonyl (C=O) groups is 1. The molecule has 3 heteroatoms. The van der Waals surface area contributed by atoms with Crippen LogP contribution in [0, 0.1) is 0 Å². The Morgan fingerprint density at radius 2 is 2.32 bits per heavy atom. The van der Waals surface area contributed by atoms with Crippen LogP contribution >= 0.6 is 0 Å². The number of fused-ring (bicyclic) bond motifs is 1. The Balaban J connectivity index is 1.85. The molecule has 0 bridgehead atoms. The molecule has 2 aliphatic rings. The van der Waals surface area contributed by atoms with Crippen LogP contribution in [0.1, 0.15) is 22.3 Å². The van der Waals surface area contributed by atoms with Crippen LogP contribution in [0.5, 0.6) is 0 Å². The van der Waals surface area contributed by atoms with Gasteiger partial charge in [-0.1, -0.05) is 12.2 Å². The zero-order valence-electron chi connectivity index (χ0n) is 11.0. The molecule has 0 fully saturated rings. The van der Waals surface area contributed by atoms with E-state index in [4.69, 9.17) is 4.74 Å². The molecule has 0 amide bonds. The molecule has 0 saturated heterocycles. The number of allylic oxidation sites excluding steroid dienone is 1. The second-order valence-corrected chi connectivity index (χ2v) is 4.91. The molecule has 1 aromatic rings. The molecule has 1 aromatic carbocycles. The molecule has 98 valence electrons. The summed E-state index contributed by atoms with van der Waals surface area (Å²) in [6.07, 6.45) is 9.47. The van der Waals surface area contributed by atoms with E-state index in [0.717, 1.165) is 31.2 Å². The highest BCUT2D eigenvalue weighted by atomic mass is 16.5. The summed E-state index contributed by atoms with van der Waals surface area (Å²) in [6, 6.07) is 5.92. The summed E-state index contributed by atoms with van der Waals surface area (Å²) in [5.41, 5.74) is 4.46. The van der Waals surface area contributed by atoms with E-state index in [0.29, 0.717) is 0 Å². The van der Waals surface area contributed by atoms with Gasteiger partial charge in [0.1, 0.15) is 6.29 Å². The summed E-state index contributed by atoms with van der Waals surface area (Å²) >= 11 is 0. The van der Waals surface area contributed by atoms with Crippen molar-refractivity contribution < 1.29 is 9.53 Å². The number of rotatable bonds is 3. The topological polar surface area (TPSA) is 29.5 Å². The minimum absolute atomic E-state index is 0.197. The summed E-state index contributed by atoms with van der Waals surface area (Å²) in [7, 11) is 1.74. The number of methoxy groups -OCH3 is 1. The van der Waals surface area contributed by atoms with Crippen molar-refractivity contribution in [3.05, 3.63) is 53.3 Å². The van der Waals surface area contributed by atoms with Crippen LogP contribution in [0.2, 0.25) is 0 Å². The van der Waals surface area contributed by atoms with Crippen molar-refractivity contribution in [2.45, 2.75) is 18.9 Å². The molecular weight excluding hydrogens is 238 g/mol. The molecule has 3 nitrogen and oxygen atoms in total. The molecule has 0 radical (unpaired) electrons. The van der Waals surface area contributed by atoms with Crippen LogP contribution in [0.4, 0.5) is 5.69 Å². The molecule has 1 aliphatic carbocycles. The molecule has 1 aliphatic heterocycles. The van der Waals surface area contributed by atoms with Gasteiger partial charge in [-0.25, -0.2) is 0 Å². The van der Waals surface area contributed by atoms with E-state index < -0.39 is 0 Å². The fourth-order valence-corrected chi connectivity index (χ4v) is 2.73. The Labute approximate surface area is 113 Å². The van der Waals surface area contributed by atoms with E-state index in [9.17, 15) is 4.79 Å². The van der Waals surface area contributed by atoms with E-state index in [1.54, 1.807) is 7.11 Å². The maximum atomic E-state index is 10.8. The third kappa shape index (κ3) is 2.22. The number of anilines is 1. The van der Waals surface area contributed by atoms with Crippen molar-refractivity contribution in [2.24, 2.45) is 0 Å². The Morgan fingerprint density at radius 1 is 1.42 bits per heavy atom. The summed E-state index contributed by atoms with van der Waals surface area (Å²) in [4.78, 5) is 13.1. The van der Waals surface area contributed by atoms with Gasteiger partial charge < -0.3 is 9.64 Å². The predicted molar refractivity (Wildman–Crippen MR) is 75.5 cm³/mol. The first-order chi connectivity index (χ1) is 9.31. The summed E-state index contributed by atoms with van der Waals surface area (Å²) in [5.74, 6) is 0. The molecule has 0 spiro atoms. The zero-order valence-corrected chi connectivity index (χ0v) is 11.0. The lowest BCUT2D eigenvalue weighted by Crippen LogP contribution is -2.21. The van der Waals surface area contributed by atoms with Crippen molar-refractivity contribution in [2.75, 3.05) is 18.6 Å². The number of ether oxygens (including phenoxy) is 1. The van der Waals surface area contributed by atoms with Gasteiger partial charge in [-0.15, -0.1) is 0 Å². The minimum Gasteiger partial charge on any atom is -0.377 e. The van der Waals surface area contributed by atoms with Crippen molar-refractivity contribution >= 4 is 12.0 Å². The van der Waals surface area contributed by atoms with E-state index in [1.807, 2.05) is 18.2 Å². The highest BCUT2D eigenvalue weighted by molar-refractivity contribution is 5.78. The first kappa shape index (κ1) is 12.2. The zero-order chi connectivity index (χ0) is 13.2. The standard InChI is InChI=1S/C16H17NO2/c1-19-15-5-3-14(4-6-15)17-9-8-13-10-12(11-18)2-7-16(13)17/h2-5,7,10-11,15H,6,8-9H2,1H3. The van der Waals surface area contributed by atoms with E-state index >= 15 is 0 Å². The average Bonchev–Trinajstić information content (AvgIpc) is 2.90. The lowest BCUT2D eigenvalue weighted by molar-refractivity contribution is 0.112. The lowest BCUT2D eigenvalue weighted by atomic mass is 10.1. The molecule has 1 atom stereocenters. The molecule has 0 N–H and O–H groups in total. The Hall–Kier alpha value is -1.87. The molecule has 0 aromatic heterocycles. The Morgan fingerprint density at radius 3 is 3.00 bits per heavy atom. The van der Waals surface area contributed by atoms with Crippen LogP contribution in [0.15, 0.2) is 42.1 Å². The van der Waals surface area contributed by atoms with Gasteiger partial charge in [-0.3, -0.25) is 4.79 Å². The smallest absolute Gasteiger partial charge is 0.150 e. The van der Waals surface area contributed by atoms with E-state index in [1.165, 1.54) is 16.9 Å². The van der Waals surface area contributed by atoms with E-state index in [-0.39, 0.29) is 6.10 Å². The maximum absolute atomic E-state index is 10.8. The van der Waals surface area contributed by atoms with Crippen LogP contribution in [0.25, 0.3) is 0 Å². The van der Waals surface area contributed by atoms with Gasteiger partial charge in [0.2, 0.25) is 0 Å². The second kappa shape index (κ2) is 5.02. The first-order valence-electron chi connectivity index (χ1n) is 6.58. The van der Waals surface area contributed by atoms with Crippen molar-refractivity contribution in [1.29, 1.82) is 0 Å². The van der Waals surface area contributed by atoms with Gasteiger partial charge in [-0.05, 0) is 42.7 Å². The third-order valence-electron chi connectivity index (χ3n) is 3.79. The molecule has 0 saturated carbocycles. The van der Waals surface area contributed by atoms with E-state index in [2.05, 4.69) is 23.1 Å². The lowest BCUT2D eigenvalue weighted by Gasteiger charge is -2.24. The Kier molecular flexibility index (Phi) is 3.22. The normalized spacial score (nSPS) is 21.2. The van der Waals surface area contributed by atoms with Crippen LogP contribution in [-0.4, -0.2) is 26.0 Å². The quantitative estimate of drug-likeness (QED) is 0.778. The number of nitrogens with zero attached hydrogens (tertiary/aromatic N) is 1. The van der Waals surface area contributed by atoms with Gasteiger partial charge in [0, 0.05) is 30.6 Å². The fourth-order valence-electron chi connectivity index (χ4n) is 2.73. The van der Waals surface area contributed by atoms with Crippen LogP contribution in [-0.2, 0) is 11.2 Å². The maximum Gasteiger partial charge on any atom is 0.150 e. The SMILES string of the molecule is COC1C=CC(N2CCc3cc(C=O)ccc32)=CC1. The van der Waals surface area contributed by atoms with Gasteiger partial charge in [0.05, 0.1) is 6.10 Å². The summed E-state index contributed by atoms with van der Waals surface area (Å²) < 4.78 is 5.31.